The quantitative estimate of drug-likeness (QED) is 0.885. The summed E-state index contributed by atoms with van der Waals surface area (Å²) in [5.41, 5.74) is 1.25. The fourth-order valence-electron chi connectivity index (χ4n) is 1.68. The summed E-state index contributed by atoms with van der Waals surface area (Å²) in [5.74, 6) is 0. The minimum Gasteiger partial charge on any atom is -0.306 e. The number of hydrogen-bond acceptors (Lipinski definition) is 3. The lowest BCUT2D eigenvalue weighted by Gasteiger charge is -2.07. The molecule has 0 aliphatic carbocycles. The Labute approximate surface area is 114 Å². The Kier molecular flexibility index (Phi) is 4.76. The molecule has 2 aromatic heterocycles. The van der Waals surface area contributed by atoms with E-state index in [0.29, 0.717) is 0 Å². The van der Waals surface area contributed by atoms with Gasteiger partial charge in [-0.3, -0.25) is 4.68 Å². The molecule has 0 spiro atoms. The van der Waals surface area contributed by atoms with Gasteiger partial charge in [0.15, 0.2) is 0 Å². The Balaban J connectivity index is 1.86. The topological polar surface area (TPSA) is 29.9 Å². The number of thiophene rings is 1. The van der Waals surface area contributed by atoms with Gasteiger partial charge in [0.1, 0.15) is 0 Å². The molecule has 5 heteroatoms. The summed E-state index contributed by atoms with van der Waals surface area (Å²) in [7, 11) is 0. The highest BCUT2D eigenvalue weighted by atomic mass is 79.9. The van der Waals surface area contributed by atoms with E-state index in [0.717, 1.165) is 26.1 Å². The van der Waals surface area contributed by atoms with Crippen LogP contribution in [0.1, 0.15) is 23.9 Å². The zero-order valence-electron chi connectivity index (χ0n) is 9.82. The summed E-state index contributed by atoms with van der Waals surface area (Å²) >= 11 is 5.31. The van der Waals surface area contributed by atoms with Gasteiger partial charge in [0.05, 0.1) is 5.69 Å². The number of halogens is 1. The Bertz CT molecular complexity index is 464. The molecule has 0 fully saturated rings. The maximum Gasteiger partial charge on any atom is 0.0522 e. The number of nitrogens with one attached hydrogen (secondary N) is 1. The van der Waals surface area contributed by atoms with E-state index < -0.39 is 0 Å². The van der Waals surface area contributed by atoms with E-state index >= 15 is 0 Å². The summed E-state index contributed by atoms with van der Waals surface area (Å²) in [4.78, 5) is 1.34. The molecule has 1 N–H and O–H groups in total. The molecule has 92 valence electrons. The number of nitrogens with zero attached hydrogens (tertiary/aromatic N) is 2. The van der Waals surface area contributed by atoms with Crippen LogP contribution < -0.4 is 5.32 Å². The van der Waals surface area contributed by atoms with E-state index in [1.165, 1.54) is 15.0 Å². The van der Waals surface area contributed by atoms with Crippen molar-refractivity contribution in [2.24, 2.45) is 0 Å². The summed E-state index contributed by atoms with van der Waals surface area (Å²) in [6.45, 7) is 4.92. The molecular formula is C12H16BrN3S. The third kappa shape index (κ3) is 3.40. The summed E-state index contributed by atoms with van der Waals surface area (Å²) in [5, 5.41) is 9.86. The highest BCUT2D eigenvalue weighted by molar-refractivity contribution is 9.10. The number of rotatable bonds is 6. The normalized spacial score (nSPS) is 10.9. The first kappa shape index (κ1) is 12.8. The molecule has 0 atom stereocenters. The van der Waals surface area contributed by atoms with Gasteiger partial charge >= 0.3 is 0 Å². The van der Waals surface area contributed by atoms with Crippen LogP contribution in [0.5, 0.6) is 0 Å². The van der Waals surface area contributed by atoms with Crippen molar-refractivity contribution in [1.29, 1.82) is 0 Å². The van der Waals surface area contributed by atoms with E-state index in [-0.39, 0.29) is 0 Å². The molecule has 17 heavy (non-hydrogen) atoms. The zero-order valence-corrected chi connectivity index (χ0v) is 12.2. The first-order valence-electron chi connectivity index (χ1n) is 5.74. The molecule has 0 aliphatic heterocycles. The van der Waals surface area contributed by atoms with Crippen molar-refractivity contribution in [1.82, 2.24) is 15.1 Å². The van der Waals surface area contributed by atoms with Crippen LogP contribution in [0.25, 0.3) is 0 Å². The molecule has 0 aromatic carbocycles. The van der Waals surface area contributed by atoms with Crippen LogP contribution in [0.2, 0.25) is 0 Å². The molecule has 2 heterocycles. The molecule has 0 unspecified atom stereocenters. The van der Waals surface area contributed by atoms with Gasteiger partial charge in [0.25, 0.3) is 0 Å². The van der Waals surface area contributed by atoms with Crippen LogP contribution in [-0.4, -0.2) is 9.78 Å². The second kappa shape index (κ2) is 6.33. The Morgan fingerprint density at radius 2 is 2.29 bits per heavy atom. The van der Waals surface area contributed by atoms with Gasteiger partial charge < -0.3 is 5.32 Å². The summed E-state index contributed by atoms with van der Waals surface area (Å²) < 4.78 is 3.26. The molecule has 0 bridgehead atoms. The van der Waals surface area contributed by atoms with Crippen LogP contribution in [0, 0.1) is 0 Å². The minimum atomic E-state index is 0.865. The van der Waals surface area contributed by atoms with Gasteiger partial charge in [-0.1, -0.05) is 6.92 Å². The van der Waals surface area contributed by atoms with Gasteiger partial charge in [-0.05, 0) is 39.9 Å². The maximum atomic E-state index is 4.31. The van der Waals surface area contributed by atoms with E-state index in [4.69, 9.17) is 0 Å². The molecule has 3 nitrogen and oxygen atoms in total. The SMILES string of the molecule is CCCn1nccc1CNCc1sccc1Br. The van der Waals surface area contributed by atoms with Crippen molar-refractivity contribution in [2.75, 3.05) is 0 Å². The van der Waals surface area contributed by atoms with Crippen LogP contribution in [0.4, 0.5) is 0 Å². The second-order valence-corrected chi connectivity index (χ2v) is 5.70. The van der Waals surface area contributed by atoms with E-state index in [2.05, 4.69) is 55.5 Å². The highest BCUT2D eigenvalue weighted by Crippen LogP contribution is 2.22. The molecule has 0 aliphatic rings. The van der Waals surface area contributed by atoms with Crippen molar-refractivity contribution in [3.05, 3.63) is 38.8 Å². The molecular weight excluding hydrogens is 298 g/mol. The average molecular weight is 314 g/mol. The van der Waals surface area contributed by atoms with Gasteiger partial charge in [0, 0.05) is 35.2 Å². The van der Waals surface area contributed by atoms with Crippen LogP contribution >= 0.6 is 27.3 Å². The van der Waals surface area contributed by atoms with E-state index in [1.807, 2.05) is 6.20 Å². The zero-order chi connectivity index (χ0) is 12.1. The molecule has 2 rings (SSSR count). The monoisotopic (exact) mass is 313 g/mol. The number of aromatic nitrogens is 2. The van der Waals surface area contributed by atoms with E-state index in [1.54, 1.807) is 11.3 Å². The van der Waals surface area contributed by atoms with Gasteiger partial charge in [-0.15, -0.1) is 11.3 Å². The molecule has 0 amide bonds. The lowest BCUT2D eigenvalue weighted by molar-refractivity contribution is 0.550. The molecule has 2 aromatic rings. The first-order chi connectivity index (χ1) is 8.31. The largest absolute Gasteiger partial charge is 0.306 e. The molecule has 0 saturated heterocycles. The molecule has 0 radical (unpaired) electrons. The van der Waals surface area contributed by atoms with Crippen molar-refractivity contribution in [3.63, 3.8) is 0 Å². The molecule has 0 saturated carbocycles. The Morgan fingerprint density at radius 3 is 3.00 bits per heavy atom. The van der Waals surface area contributed by atoms with Gasteiger partial charge in [-0.2, -0.15) is 5.10 Å². The Morgan fingerprint density at radius 1 is 1.41 bits per heavy atom. The van der Waals surface area contributed by atoms with Gasteiger partial charge in [0.2, 0.25) is 0 Å². The van der Waals surface area contributed by atoms with Crippen LogP contribution in [0.15, 0.2) is 28.2 Å². The Hall–Kier alpha value is -0.650. The minimum absolute atomic E-state index is 0.865. The first-order valence-corrected chi connectivity index (χ1v) is 7.41. The van der Waals surface area contributed by atoms with Crippen LogP contribution in [-0.2, 0) is 19.6 Å². The second-order valence-electron chi connectivity index (χ2n) is 3.84. The third-order valence-corrected chi connectivity index (χ3v) is 4.45. The summed E-state index contributed by atoms with van der Waals surface area (Å²) in [6, 6.07) is 4.16. The smallest absolute Gasteiger partial charge is 0.0522 e. The standard InChI is InChI=1S/C12H16BrN3S/c1-2-6-16-10(3-5-15-16)8-14-9-12-11(13)4-7-17-12/h3-5,7,14H,2,6,8-9H2,1H3. The summed E-state index contributed by atoms with van der Waals surface area (Å²) in [6.07, 6.45) is 2.99. The van der Waals surface area contributed by atoms with E-state index in [9.17, 15) is 0 Å². The number of aryl methyl sites for hydroxylation is 1. The van der Waals surface area contributed by atoms with Crippen molar-refractivity contribution < 1.29 is 0 Å². The van der Waals surface area contributed by atoms with Crippen molar-refractivity contribution >= 4 is 27.3 Å². The highest BCUT2D eigenvalue weighted by Gasteiger charge is 2.03. The predicted octanol–water partition coefficient (Wildman–Crippen LogP) is 3.41. The van der Waals surface area contributed by atoms with Crippen molar-refractivity contribution in [3.8, 4) is 0 Å². The fraction of sp³-hybridized carbons (Fsp3) is 0.417. The third-order valence-electron chi connectivity index (χ3n) is 2.52. The predicted molar refractivity (Wildman–Crippen MR) is 75.1 cm³/mol. The lowest BCUT2D eigenvalue weighted by Crippen LogP contribution is -2.16. The number of hydrogen-bond donors (Lipinski definition) is 1. The fourth-order valence-corrected chi connectivity index (χ4v) is 3.14. The lowest BCUT2D eigenvalue weighted by atomic mass is 10.4. The van der Waals surface area contributed by atoms with Crippen molar-refractivity contribution in [2.45, 2.75) is 33.0 Å². The average Bonchev–Trinajstić information content (AvgIpc) is 2.90. The van der Waals surface area contributed by atoms with Crippen LogP contribution in [0.3, 0.4) is 0 Å². The van der Waals surface area contributed by atoms with Gasteiger partial charge in [-0.25, -0.2) is 0 Å². The maximum absolute atomic E-state index is 4.31.